The predicted octanol–water partition coefficient (Wildman–Crippen LogP) is 3.14. The first-order chi connectivity index (χ1) is 13.6. The Labute approximate surface area is 164 Å². The molecule has 0 atom stereocenters. The number of nitrogens with one attached hydrogen (secondary N) is 2. The molecular formula is C22H25N3O3. The number of nitrogens with zero attached hydrogens (tertiary/aromatic N) is 1. The molecule has 0 aliphatic carbocycles. The number of para-hydroxylation sites is 1. The molecule has 0 saturated heterocycles. The maximum absolute atomic E-state index is 12.0. The van der Waals surface area contributed by atoms with Crippen LogP contribution in [0.1, 0.15) is 30.7 Å². The molecule has 146 valence electrons. The minimum Gasteiger partial charge on any atom is -0.494 e. The van der Waals surface area contributed by atoms with Crippen molar-refractivity contribution in [2.45, 2.75) is 32.6 Å². The SMILES string of the molecule is Cc1ccc(OCCCCNC(=O)CCc2nc3ccccc3c(=O)[nH]2)cc1. The van der Waals surface area contributed by atoms with Crippen molar-refractivity contribution in [2.24, 2.45) is 0 Å². The largest absolute Gasteiger partial charge is 0.494 e. The van der Waals surface area contributed by atoms with Crippen molar-refractivity contribution in [3.05, 3.63) is 70.3 Å². The summed E-state index contributed by atoms with van der Waals surface area (Å²) in [6, 6.07) is 15.1. The second kappa shape index (κ2) is 9.69. The molecule has 0 unspecified atom stereocenters. The number of amides is 1. The van der Waals surface area contributed by atoms with E-state index in [1.54, 1.807) is 18.2 Å². The molecule has 1 aromatic heterocycles. The fourth-order valence-corrected chi connectivity index (χ4v) is 2.85. The number of hydrogen-bond acceptors (Lipinski definition) is 4. The van der Waals surface area contributed by atoms with Crippen LogP contribution in [0.15, 0.2) is 53.3 Å². The molecule has 1 heterocycles. The lowest BCUT2D eigenvalue weighted by atomic mass is 10.2. The third kappa shape index (κ3) is 5.67. The number of carbonyl (C=O) groups is 1. The Hall–Kier alpha value is -3.15. The molecule has 0 aliphatic heterocycles. The molecule has 1 amide bonds. The normalized spacial score (nSPS) is 10.8. The van der Waals surface area contributed by atoms with Gasteiger partial charge in [-0.2, -0.15) is 0 Å². The lowest BCUT2D eigenvalue weighted by molar-refractivity contribution is -0.121. The van der Waals surface area contributed by atoms with Gasteiger partial charge in [-0.15, -0.1) is 0 Å². The number of carbonyl (C=O) groups excluding carboxylic acids is 1. The van der Waals surface area contributed by atoms with E-state index < -0.39 is 0 Å². The van der Waals surface area contributed by atoms with Crippen LogP contribution >= 0.6 is 0 Å². The van der Waals surface area contributed by atoms with Gasteiger partial charge in [0.05, 0.1) is 17.5 Å². The van der Waals surface area contributed by atoms with E-state index in [1.165, 1.54) is 5.56 Å². The average molecular weight is 379 g/mol. The molecule has 0 fully saturated rings. The van der Waals surface area contributed by atoms with E-state index in [0.29, 0.717) is 42.7 Å². The van der Waals surface area contributed by atoms with Crippen LogP contribution in [0.5, 0.6) is 5.75 Å². The van der Waals surface area contributed by atoms with Crippen molar-refractivity contribution in [2.75, 3.05) is 13.2 Å². The van der Waals surface area contributed by atoms with Gasteiger partial charge in [0.15, 0.2) is 0 Å². The fourth-order valence-electron chi connectivity index (χ4n) is 2.85. The Morgan fingerprint density at radius 2 is 1.89 bits per heavy atom. The van der Waals surface area contributed by atoms with Crippen molar-refractivity contribution in [1.82, 2.24) is 15.3 Å². The molecule has 3 rings (SSSR count). The number of aryl methyl sites for hydroxylation is 2. The second-order valence-electron chi connectivity index (χ2n) is 6.75. The zero-order chi connectivity index (χ0) is 19.8. The fraction of sp³-hybridized carbons (Fsp3) is 0.318. The monoisotopic (exact) mass is 379 g/mol. The Morgan fingerprint density at radius 1 is 1.11 bits per heavy atom. The average Bonchev–Trinajstić information content (AvgIpc) is 2.70. The number of benzene rings is 2. The minimum absolute atomic E-state index is 0.0461. The Bertz CT molecular complexity index is 980. The number of H-pyrrole nitrogens is 1. The second-order valence-corrected chi connectivity index (χ2v) is 6.75. The molecule has 0 spiro atoms. The molecule has 6 nitrogen and oxygen atoms in total. The lowest BCUT2D eigenvalue weighted by Gasteiger charge is -2.08. The van der Waals surface area contributed by atoms with Crippen molar-refractivity contribution in [3.63, 3.8) is 0 Å². The highest BCUT2D eigenvalue weighted by molar-refractivity contribution is 5.78. The topological polar surface area (TPSA) is 84.1 Å². The number of rotatable bonds is 9. The van der Waals surface area contributed by atoms with Crippen LogP contribution < -0.4 is 15.6 Å². The van der Waals surface area contributed by atoms with Gasteiger partial charge < -0.3 is 15.0 Å². The first-order valence-corrected chi connectivity index (χ1v) is 9.56. The van der Waals surface area contributed by atoms with Gasteiger partial charge in [0.25, 0.3) is 5.56 Å². The molecule has 6 heteroatoms. The van der Waals surface area contributed by atoms with E-state index >= 15 is 0 Å². The van der Waals surface area contributed by atoms with Gasteiger partial charge in [0.1, 0.15) is 11.6 Å². The molecule has 0 saturated carbocycles. The summed E-state index contributed by atoms with van der Waals surface area (Å²) >= 11 is 0. The molecule has 2 N–H and O–H groups in total. The van der Waals surface area contributed by atoms with Crippen LogP contribution in [0.2, 0.25) is 0 Å². The number of aromatic amines is 1. The van der Waals surface area contributed by atoms with E-state index in [4.69, 9.17) is 4.74 Å². The first-order valence-electron chi connectivity index (χ1n) is 9.56. The van der Waals surface area contributed by atoms with Gasteiger partial charge in [-0.25, -0.2) is 4.98 Å². The summed E-state index contributed by atoms with van der Waals surface area (Å²) < 4.78 is 5.67. The molecule has 0 aliphatic rings. The summed E-state index contributed by atoms with van der Waals surface area (Å²) in [5, 5.41) is 3.46. The Morgan fingerprint density at radius 3 is 2.71 bits per heavy atom. The standard InChI is InChI=1S/C22H25N3O3/c1-16-8-10-17(11-9-16)28-15-5-4-14-23-21(26)13-12-20-24-19-7-3-2-6-18(19)22(27)25-20/h2-3,6-11H,4-5,12-15H2,1H3,(H,23,26)(H,24,25,27). The molecule has 0 bridgehead atoms. The number of fused-ring (bicyclic) bond motifs is 1. The summed E-state index contributed by atoms with van der Waals surface area (Å²) in [5.41, 5.74) is 1.68. The zero-order valence-corrected chi connectivity index (χ0v) is 16.0. The van der Waals surface area contributed by atoms with Crippen LogP contribution in [0.3, 0.4) is 0 Å². The number of aromatic nitrogens is 2. The first kappa shape index (κ1) is 19.6. The van der Waals surface area contributed by atoms with E-state index in [1.807, 2.05) is 37.3 Å². The van der Waals surface area contributed by atoms with Gasteiger partial charge >= 0.3 is 0 Å². The van der Waals surface area contributed by atoms with E-state index in [-0.39, 0.29) is 11.5 Å². The van der Waals surface area contributed by atoms with Crippen molar-refractivity contribution >= 4 is 16.8 Å². The predicted molar refractivity (Wildman–Crippen MR) is 110 cm³/mol. The molecule has 28 heavy (non-hydrogen) atoms. The minimum atomic E-state index is -0.172. The third-order valence-electron chi connectivity index (χ3n) is 4.43. The maximum atomic E-state index is 12.0. The Balaban J connectivity index is 1.33. The number of hydrogen-bond donors (Lipinski definition) is 2. The molecular weight excluding hydrogens is 354 g/mol. The summed E-state index contributed by atoms with van der Waals surface area (Å²) in [4.78, 5) is 31.2. The zero-order valence-electron chi connectivity index (χ0n) is 16.0. The van der Waals surface area contributed by atoms with Gasteiger partial charge in [0, 0.05) is 19.4 Å². The maximum Gasteiger partial charge on any atom is 0.258 e. The highest BCUT2D eigenvalue weighted by Crippen LogP contribution is 2.11. The van der Waals surface area contributed by atoms with Crippen molar-refractivity contribution in [3.8, 4) is 5.75 Å². The molecule has 3 aromatic rings. The van der Waals surface area contributed by atoms with Crippen LogP contribution in [0.4, 0.5) is 0 Å². The highest BCUT2D eigenvalue weighted by Gasteiger charge is 2.06. The lowest BCUT2D eigenvalue weighted by Crippen LogP contribution is -2.25. The summed E-state index contributed by atoms with van der Waals surface area (Å²) in [6.45, 7) is 3.28. The molecule has 2 aromatic carbocycles. The summed E-state index contributed by atoms with van der Waals surface area (Å²) in [5.74, 6) is 1.35. The highest BCUT2D eigenvalue weighted by atomic mass is 16.5. The van der Waals surface area contributed by atoms with Crippen LogP contribution in [-0.2, 0) is 11.2 Å². The quantitative estimate of drug-likeness (QED) is 0.560. The van der Waals surface area contributed by atoms with Crippen LogP contribution in [0, 0.1) is 6.92 Å². The number of unbranched alkanes of at least 4 members (excludes halogenated alkanes) is 1. The van der Waals surface area contributed by atoms with Gasteiger partial charge in [-0.1, -0.05) is 29.8 Å². The third-order valence-corrected chi connectivity index (χ3v) is 4.43. The van der Waals surface area contributed by atoms with E-state index in [2.05, 4.69) is 15.3 Å². The molecule has 0 radical (unpaired) electrons. The smallest absolute Gasteiger partial charge is 0.258 e. The summed E-state index contributed by atoms with van der Waals surface area (Å²) in [7, 11) is 0. The van der Waals surface area contributed by atoms with Gasteiger partial charge in [0.2, 0.25) is 5.91 Å². The van der Waals surface area contributed by atoms with Crippen LogP contribution in [-0.4, -0.2) is 29.0 Å². The van der Waals surface area contributed by atoms with Crippen molar-refractivity contribution in [1.29, 1.82) is 0 Å². The van der Waals surface area contributed by atoms with Crippen molar-refractivity contribution < 1.29 is 9.53 Å². The van der Waals surface area contributed by atoms with Crippen LogP contribution in [0.25, 0.3) is 10.9 Å². The van der Waals surface area contributed by atoms with Gasteiger partial charge in [-0.05, 0) is 44.0 Å². The van der Waals surface area contributed by atoms with E-state index in [9.17, 15) is 9.59 Å². The van der Waals surface area contributed by atoms with Gasteiger partial charge in [-0.3, -0.25) is 9.59 Å². The number of ether oxygens (including phenoxy) is 1. The summed E-state index contributed by atoms with van der Waals surface area (Å²) in [6.07, 6.45) is 2.42. The Kier molecular flexibility index (Phi) is 6.78. The van der Waals surface area contributed by atoms with E-state index in [0.717, 1.165) is 18.6 Å².